The average molecular weight is 498 g/mol. The maximum atomic E-state index is 12.9. The lowest BCUT2D eigenvalue weighted by Gasteiger charge is -2.43. The summed E-state index contributed by atoms with van der Waals surface area (Å²) in [6.45, 7) is 6.20. The summed E-state index contributed by atoms with van der Waals surface area (Å²) >= 11 is 3.48. The molecule has 4 rings (SSSR count). The molecule has 0 fully saturated rings. The van der Waals surface area contributed by atoms with Gasteiger partial charge in [0.2, 0.25) is 0 Å². The highest BCUT2D eigenvalue weighted by Gasteiger charge is 2.52. The van der Waals surface area contributed by atoms with Gasteiger partial charge in [0.05, 0.1) is 11.3 Å². The molecule has 0 radical (unpaired) electrons. The number of allylic oxidation sites excluding steroid dienone is 2. The van der Waals surface area contributed by atoms with Gasteiger partial charge in [-0.05, 0) is 69.5 Å². The molecule has 2 aliphatic heterocycles. The highest BCUT2D eigenvalue weighted by atomic mass is 79.9. The Morgan fingerprint density at radius 1 is 1.31 bits per heavy atom. The summed E-state index contributed by atoms with van der Waals surface area (Å²) in [5.41, 5.74) is 1.42. The van der Waals surface area contributed by atoms with Gasteiger partial charge < -0.3 is 19.9 Å². The van der Waals surface area contributed by atoms with Gasteiger partial charge in [0.1, 0.15) is 11.4 Å². The molecule has 1 amide bonds. The molecule has 2 aliphatic rings. The van der Waals surface area contributed by atoms with E-state index in [0.717, 1.165) is 22.9 Å². The van der Waals surface area contributed by atoms with Crippen LogP contribution in [0.15, 0.2) is 58.6 Å². The molecule has 5 nitrogen and oxygen atoms in total. The topological polar surface area (TPSA) is 67.8 Å². The average Bonchev–Trinajstić information content (AvgIpc) is 2.73. The van der Waals surface area contributed by atoms with E-state index in [1.54, 1.807) is 18.2 Å². The fourth-order valence-corrected chi connectivity index (χ4v) is 4.85. The zero-order chi connectivity index (χ0) is 23.1. The van der Waals surface area contributed by atoms with Crippen LogP contribution in [0.3, 0.4) is 0 Å². The van der Waals surface area contributed by atoms with E-state index in [0.29, 0.717) is 22.6 Å². The molecule has 2 aromatic carbocycles. The maximum Gasteiger partial charge on any atom is 0.257 e. The van der Waals surface area contributed by atoms with Crippen molar-refractivity contribution in [1.82, 2.24) is 0 Å². The highest BCUT2D eigenvalue weighted by Crippen LogP contribution is 2.50. The van der Waals surface area contributed by atoms with E-state index in [2.05, 4.69) is 47.2 Å². The molecule has 0 aromatic heterocycles. The number of hydrogen-bond acceptors (Lipinski definition) is 4. The predicted molar refractivity (Wildman–Crippen MR) is 130 cm³/mol. The highest BCUT2D eigenvalue weighted by molar-refractivity contribution is 9.10. The van der Waals surface area contributed by atoms with Gasteiger partial charge >= 0.3 is 0 Å². The molecule has 2 aromatic rings. The number of carbonyl (C=O) groups is 1. The second-order valence-corrected chi connectivity index (χ2v) is 9.77. The lowest BCUT2D eigenvalue weighted by atomic mass is 9.76. The Morgan fingerprint density at radius 2 is 2.09 bits per heavy atom. The number of methoxy groups -OCH3 is 1. The van der Waals surface area contributed by atoms with Crippen molar-refractivity contribution in [2.45, 2.75) is 50.9 Å². The Kier molecular flexibility index (Phi) is 6.05. The number of hydrogen-bond donors (Lipinski definition) is 2. The van der Waals surface area contributed by atoms with E-state index in [-0.39, 0.29) is 0 Å². The molecular weight excluding hydrogens is 470 g/mol. The van der Waals surface area contributed by atoms with Crippen molar-refractivity contribution in [3.63, 3.8) is 0 Å². The van der Waals surface area contributed by atoms with Gasteiger partial charge in [0.25, 0.3) is 5.91 Å². The van der Waals surface area contributed by atoms with Crippen LogP contribution in [0, 0.1) is 0 Å². The first-order valence-corrected chi connectivity index (χ1v) is 11.5. The summed E-state index contributed by atoms with van der Waals surface area (Å²) in [6.07, 6.45) is 6.81. The fraction of sp³-hybridized carbons (Fsp3) is 0.346. The molecule has 0 spiro atoms. The predicted octanol–water partition coefficient (Wildman–Crippen LogP) is 5.56. The first-order valence-electron chi connectivity index (χ1n) is 10.7. The molecule has 0 aliphatic carbocycles. The minimum absolute atomic E-state index is 0.403. The zero-order valence-corrected chi connectivity index (χ0v) is 20.3. The van der Waals surface area contributed by atoms with Crippen molar-refractivity contribution in [3.8, 4) is 5.75 Å². The number of fused-ring (bicyclic) bond motifs is 3. The van der Waals surface area contributed by atoms with Crippen LogP contribution >= 0.6 is 15.9 Å². The summed E-state index contributed by atoms with van der Waals surface area (Å²) < 4.78 is 12.9. The van der Waals surface area contributed by atoms with Crippen LogP contribution in [0.4, 0.5) is 5.69 Å². The van der Waals surface area contributed by atoms with Crippen molar-refractivity contribution in [2.75, 3.05) is 12.4 Å². The zero-order valence-electron chi connectivity index (χ0n) is 18.7. The standard InChI is InChI=1S/C26H28BrNO4/c1-16(2)7-6-13-25(3)14-12-17-10-11-20-21(22(17)32-25)26(30,23(31-4)24(29)28-20)18-8-5-9-19(27)15-18/h5,7-12,14-15,23,30H,6,13H2,1-4H3,(H,28,29)/t23-,25-,26+/m1/s1. The fourth-order valence-electron chi connectivity index (χ4n) is 4.46. The summed E-state index contributed by atoms with van der Waals surface area (Å²) in [6, 6.07) is 11.0. The molecule has 6 heteroatoms. The van der Waals surface area contributed by atoms with Crippen LogP contribution in [0.25, 0.3) is 6.08 Å². The lowest BCUT2D eigenvalue weighted by Crippen LogP contribution is -2.53. The Labute approximate surface area is 197 Å². The third-order valence-electron chi connectivity index (χ3n) is 6.09. The number of benzene rings is 2. The number of carbonyl (C=O) groups excluding carboxylic acids is 1. The van der Waals surface area contributed by atoms with E-state index >= 15 is 0 Å². The summed E-state index contributed by atoms with van der Waals surface area (Å²) in [5.74, 6) is 0.161. The van der Waals surface area contributed by atoms with Crippen LogP contribution in [0.2, 0.25) is 0 Å². The Bertz CT molecular complexity index is 1120. The molecule has 3 atom stereocenters. The lowest BCUT2D eigenvalue weighted by molar-refractivity contribution is -0.142. The number of nitrogens with one attached hydrogen (secondary N) is 1. The number of ether oxygens (including phenoxy) is 2. The maximum absolute atomic E-state index is 12.9. The molecule has 32 heavy (non-hydrogen) atoms. The van der Waals surface area contributed by atoms with Crippen molar-refractivity contribution in [3.05, 3.63) is 75.3 Å². The van der Waals surface area contributed by atoms with Gasteiger partial charge in [0.15, 0.2) is 11.7 Å². The van der Waals surface area contributed by atoms with Crippen LogP contribution in [0.5, 0.6) is 5.75 Å². The minimum atomic E-state index is -1.73. The smallest absolute Gasteiger partial charge is 0.257 e. The van der Waals surface area contributed by atoms with Crippen LogP contribution < -0.4 is 10.1 Å². The number of anilines is 1. The quantitative estimate of drug-likeness (QED) is 0.530. The van der Waals surface area contributed by atoms with Crippen molar-refractivity contribution < 1.29 is 19.4 Å². The second kappa shape index (κ2) is 8.50. The van der Waals surface area contributed by atoms with E-state index in [4.69, 9.17) is 9.47 Å². The van der Waals surface area contributed by atoms with Gasteiger partial charge in [0, 0.05) is 17.1 Å². The van der Waals surface area contributed by atoms with Gasteiger partial charge in [-0.15, -0.1) is 0 Å². The number of rotatable bonds is 5. The Balaban J connectivity index is 1.88. The van der Waals surface area contributed by atoms with Crippen molar-refractivity contribution in [1.29, 1.82) is 0 Å². The van der Waals surface area contributed by atoms with E-state index in [9.17, 15) is 9.90 Å². The van der Waals surface area contributed by atoms with Crippen molar-refractivity contribution in [2.24, 2.45) is 0 Å². The van der Waals surface area contributed by atoms with Gasteiger partial charge in [-0.3, -0.25) is 4.79 Å². The summed E-state index contributed by atoms with van der Waals surface area (Å²) in [4.78, 5) is 12.9. The van der Waals surface area contributed by atoms with Gasteiger partial charge in [-0.1, -0.05) is 45.8 Å². The van der Waals surface area contributed by atoms with Gasteiger partial charge in [-0.25, -0.2) is 0 Å². The third-order valence-corrected chi connectivity index (χ3v) is 6.58. The molecule has 2 N–H and O–H groups in total. The first kappa shape index (κ1) is 22.8. The largest absolute Gasteiger partial charge is 0.482 e. The molecule has 0 bridgehead atoms. The first-order chi connectivity index (χ1) is 15.2. The molecule has 0 saturated heterocycles. The third kappa shape index (κ3) is 3.91. The summed E-state index contributed by atoms with van der Waals surface area (Å²) in [7, 11) is 1.43. The second-order valence-electron chi connectivity index (χ2n) is 8.86. The number of aliphatic hydroxyl groups is 1. The molecular formula is C26H28BrNO4. The van der Waals surface area contributed by atoms with E-state index < -0.39 is 23.2 Å². The Hall–Kier alpha value is -2.41. The van der Waals surface area contributed by atoms with Gasteiger partial charge in [-0.2, -0.15) is 0 Å². The van der Waals surface area contributed by atoms with Crippen LogP contribution in [0.1, 0.15) is 50.3 Å². The number of halogens is 1. The summed E-state index contributed by atoms with van der Waals surface area (Å²) in [5, 5.41) is 15.1. The molecule has 0 saturated carbocycles. The van der Waals surface area contributed by atoms with E-state index in [1.807, 2.05) is 31.2 Å². The monoisotopic (exact) mass is 497 g/mol. The van der Waals surface area contributed by atoms with Crippen LogP contribution in [-0.4, -0.2) is 29.8 Å². The molecule has 0 unspecified atom stereocenters. The minimum Gasteiger partial charge on any atom is -0.482 e. The molecule has 168 valence electrons. The van der Waals surface area contributed by atoms with E-state index in [1.165, 1.54) is 12.7 Å². The Morgan fingerprint density at radius 3 is 2.78 bits per heavy atom. The number of amides is 1. The molecule has 2 heterocycles. The SMILES string of the molecule is CO[C@@H]1C(=O)Nc2ccc3c(c2[C@@]1(O)c1cccc(Br)c1)O[C@](C)(CCC=C(C)C)C=C3. The van der Waals surface area contributed by atoms with Crippen LogP contribution in [-0.2, 0) is 15.1 Å². The van der Waals surface area contributed by atoms with Crippen molar-refractivity contribution >= 4 is 33.6 Å². The normalized spacial score (nSPS) is 25.9.